The highest BCUT2D eigenvalue weighted by Crippen LogP contribution is 2.31. The van der Waals surface area contributed by atoms with Gasteiger partial charge in [0.25, 0.3) is 11.4 Å². The quantitative estimate of drug-likeness (QED) is 0.245. The number of aromatic nitrogens is 2. The van der Waals surface area contributed by atoms with Crippen LogP contribution in [0.5, 0.6) is 0 Å². The van der Waals surface area contributed by atoms with Crippen molar-refractivity contribution in [3.63, 3.8) is 0 Å². The molecule has 0 saturated heterocycles. The molecule has 40 heavy (non-hydrogen) atoms. The summed E-state index contributed by atoms with van der Waals surface area (Å²) in [5, 5.41) is 39.8. The summed E-state index contributed by atoms with van der Waals surface area (Å²) in [7, 11) is 0. The molecule has 1 heterocycles. The zero-order chi connectivity index (χ0) is 28.2. The van der Waals surface area contributed by atoms with Gasteiger partial charge < -0.3 is 0 Å². The van der Waals surface area contributed by atoms with Crippen LogP contribution in [-0.2, 0) is 0 Å². The van der Waals surface area contributed by atoms with Gasteiger partial charge in [-0.2, -0.15) is 10.5 Å². The molecule has 8 nitrogen and oxygen atoms in total. The number of nitriles is 4. The van der Waals surface area contributed by atoms with Crippen LogP contribution in [0, 0.1) is 58.5 Å². The van der Waals surface area contributed by atoms with Crippen molar-refractivity contribution in [2.75, 3.05) is 0 Å². The van der Waals surface area contributed by atoms with E-state index in [4.69, 9.17) is 23.1 Å². The molecule has 0 saturated carbocycles. The van der Waals surface area contributed by atoms with Gasteiger partial charge in [0, 0.05) is 21.6 Å². The van der Waals surface area contributed by atoms with E-state index in [0.29, 0.717) is 44.4 Å². The summed E-state index contributed by atoms with van der Waals surface area (Å²) in [5.74, 6) is 0. The lowest BCUT2D eigenvalue weighted by Crippen LogP contribution is -2.21. The van der Waals surface area contributed by atoms with E-state index in [1.165, 1.54) is 0 Å². The van der Waals surface area contributed by atoms with Crippen molar-refractivity contribution < 1.29 is 0 Å². The van der Waals surface area contributed by atoms with Gasteiger partial charge in [0.05, 0.1) is 71.0 Å². The molecule has 0 aliphatic rings. The van der Waals surface area contributed by atoms with Crippen LogP contribution in [0.1, 0.15) is 11.1 Å². The lowest BCUT2D eigenvalue weighted by atomic mass is 9.98. The van der Waals surface area contributed by atoms with Crippen LogP contribution in [0.15, 0.2) is 72.8 Å². The fourth-order valence-electron chi connectivity index (χ4n) is 4.52. The van der Waals surface area contributed by atoms with Crippen LogP contribution in [0.3, 0.4) is 0 Å². The summed E-state index contributed by atoms with van der Waals surface area (Å²) in [5.41, 5.74) is 2.88. The predicted octanol–water partition coefficient (Wildman–Crippen LogP) is 4.96. The van der Waals surface area contributed by atoms with Crippen molar-refractivity contribution in [1.82, 2.24) is 9.97 Å². The first-order valence-corrected chi connectivity index (χ1v) is 11.7. The minimum atomic E-state index is -0.208. The molecule has 0 spiro atoms. The maximum atomic E-state index is 9.88. The van der Waals surface area contributed by atoms with Crippen LogP contribution in [0.25, 0.3) is 65.4 Å². The largest absolute Gasteiger partial charge is 0.271 e. The normalized spacial score (nSPS) is 11.7. The van der Waals surface area contributed by atoms with Gasteiger partial charge in [-0.05, 0) is 35.0 Å². The van der Waals surface area contributed by atoms with Gasteiger partial charge in [0.2, 0.25) is 0 Å². The van der Waals surface area contributed by atoms with E-state index in [1.807, 2.05) is 12.1 Å². The Balaban J connectivity index is 2.13. The number of benzene rings is 4. The fraction of sp³-hybridized carbons (Fsp3) is 0. The van der Waals surface area contributed by atoms with E-state index >= 15 is 0 Å². The monoisotopic (exact) mass is 508 g/mol. The summed E-state index contributed by atoms with van der Waals surface area (Å²) in [4.78, 5) is 16.8. The average Bonchev–Trinajstić information content (AvgIpc) is 3.02. The maximum absolute atomic E-state index is 9.88. The highest BCUT2D eigenvalue weighted by atomic mass is 14.8. The number of hydrogen-bond donors (Lipinski definition) is 0. The summed E-state index contributed by atoms with van der Waals surface area (Å²) in [6.07, 6.45) is 0. The Labute approximate surface area is 228 Å². The number of rotatable bonds is 2. The summed E-state index contributed by atoms with van der Waals surface area (Å²) in [6.45, 7) is 15.4. The SMILES string of the molecule is [C-]#[N+]/C(C#N)=c1\c2ccccc2/c(=C(/C#N)[N+]#[C-])c2nc(-c3ccc(C#N)cc3)c(-c3ccc(C#N)cc3)nc12. The van der Waals surface area contributed by atoms with Gasteiger partial charge in [-0.25, -0.2) is 30.2 Å². The highest BCUT2D eigenvalue weighted by molar-refractivity contribution is 6.03. The van der Waals surface area contributed by atoms with Gasteiger partial charge in [-0.15, -0.1) is 0 Å². The van der Waals surface area contributed by atoms with Crippen LogP contribution in [0.4, 0.5) is 0 Å². The molecule has 0 aliphatic carbocycles. The van der Waals surface area contributed by atoms with E-state index in [0.717, 1.165) is 0 Å². The van der Waals surface area contributed by atoms with E-state index in [9.17, 15) is 21.0 Å². The third kappa shape index (κ3) is 4.00. The highest BCUT2D eigenvalue weighted by Gasteiger charge is 2.19. The lowest BCUT2D eigenvalue weighted by molar-refractivity contribution is 1.28. The summed E-state index contributed by atoms with van der Waals surface area (Å²) >= 11 is 0. The Hall–Kier alpha value is -6.84. The van der Waals surface area contributed by atoms with Crippen LogP contribution in [-0.4, -0.2) is 9.97 Å². The van der Waals surface area contributed by atoms with E-state index < -0.39 is 0 Å². The smallest absolute Gasteiger partial charge is 0.245 e. The van der Waals surface area contributed by atoms with E-state index in [1.54, 1.807) is 72.8 Å². The standard InChI is InChI=1S/C32H12N8/c1-37-25(17-35)27-23-5-3-4-6-24(23)28(26(18-36)38-2)32-31(27)39-29(21-11-7-19(15-33)8-12-21)30(40-32)22-13-9-20(16-34)10-14-22/h3-14H/b27-25+,28-26+. The second-order valence-corrected chi connectivity index (χ2v) is 8.44. The number of fused-ring (bicyclic) bond motifs is 2. The van der Waals surface area contributed by atoms with Crippen molar-refractivity contribution >= 4 is 33.2 Å². The fourth-order valence-corrected chi connectivity index (χ4v) is 4.52. The van der Waals surface area contributed by atoms with Gasteiger partial charge in [-0.3, -0.25) is 0 Å². The van der Waals surface area contributed by atoms with E-state index in [-0.39, 0.29) is 32.9 Å². The molecule has 1 aromatic heterocycles. The third-order valence-electron chi connectivity index (χ3n) is 6.32. The Morgan fingerprint density at radius 1 is 0.575 bits per heavy atom. The molecule has 0 unspecified atom stereocenters. The molecule has 5 aromatic rings. The maximum Gasteiger partial charge on any atom is 0.271 e. The summed E-state index contributed by atoms with van der Waals surface area (Å²) in [6, 6.07) is 28.5. The average molecular weight is 509 g/mol. The van der Waals surface area contributed by atoms with Gasteiger partial charge in [0.1, 0.15) is 0 Å². The van der Waals surface area contributed by atoms with Gasteiger partial charge in [-0.1, -0.05) is 48.5 Å². The van der Waals surface area contributed by atoms with E-state index in [2.05, 4.69) is 21.8 Å². The molecule has 0 fully saturated rings. The molecule has 0 bridgehead atoms. The Bertz CT molecular complexity index is 2060. The Kier molecular flexibility index (Phi) is 6.37. The molecule has 180 valence electrons. The molecule has 0 aliphatic heterocycles. The molecule has 0 N–H and O–H groups in total. The lowest BCUT2D eigenvalue weighted by Gasteiger charge is -2.14. The zero-order valence-electron chi connectivity index (χ0n) is 20.5. The van der Waals surface area contributed by atoms with Crippen LogP contribution < -0.4 is 10.4 Å². The topological polar surface area (TPSA) is 130 Å². The zero-order valence-corrected chi connectivity index (χ0v) is 20.5. The molecule has 0 atom stereocenters. The van der Waals surface area contributed by atoms with Crippen molar-refractivity contribution in [2.45, 2.75) is 0 Å². The third-order valence-corrected chi connectivity index (χ3v) is 6.32. The summed E-state index contributed by atoms with van der Waals surface area (Å²) < 4.78 is 0. The molecule has 5 rings (SSSR count). The van der Waals surface area contributed by atoms with Crippen molar-refractivity contribution in [3.8, 4) is 46.8 Å². The molecule has 0 radical (unpaired) electrons. The van der Waals surface area contributed by atoms with Crippen molar-refractivity contribution in [2.24, 2.45) is 0 Å². The first kappa shape index (κ1) is 24.8. The van der Waals surface area contributed by atoms with Crippen LogP contribution >= 0.6 is 0 Å². The molecular formula is C32H12N8. The molecule has 8 heteroatoms. The number of nitrogens with zero attached hydrogens (tertiary/aromatic N) is 8. The molecule has 0 amide bonds. The second-order valence-electron chi connectivity index (χ2n) is 8.44. The first-order chi connectivity index (χ1) is 19.6. The molecular weight excluding hydrogens is 496 g/mol. The second kappa shape index (κ2) is 10.3. The Morgan fingerprint density at radius 3 is 1.25 bits per heavy atom. The Morgan fingerprint density at radius 2 is 0.950 bits per heavy atom. The molecule has 4 aromatic carbocycles. The minimum Gasteiger partial charge on any atom is -0.245 e. The minimum absolute atomic E-state index is 0.189. The van der Waals surface area contributed by atoms with Crippen LogP contribution in [0.2, 0.25) is 0 Å². The predicted molar refractivity (Wildman–Crippen MR) is 148 cm³/mol. The van der Waals surface area contributed by atoms with Crippen molar-refractivity contribution in [1.29, 1.82) is 21.0 Å². The van der Waals surface area contributed by atoms with Crippen molar-refractivity contribution in [3.05, 3.63) is 117 Å². The number of hydrogen-bond acceptors (Lipinski definition) is 6. The first-order valence-electron chi connectivity index (χ1n) is 11.7. The van der Waals surface area contributed by atoms with Gasteiger partial charge >= 0.3 is 0 Å². The van der Waals surface area contributed by atoms with Gasteiger partial charge in [0.15, 0.2) is 0 Å².